The summed E-state index contributed by atoms with van der Waals surface area (Å²) < 4.78 is 8.60. The molecule has 0 aliphatic carbocycles. The number of nitrogens with zero attached hydrogens (tertiary/aromatic N) is 2. The van der Waals surface area contributed by atoms with Gasteiger partial charge in [-0.15, -0.1) is 0 Å². The first-order chi connectivity index (χ1) is 31.2. The van der Waals surface area contributed by atoms with Crippen LogP contribution in [0.5, 0.6) is 0 Å². The van der Waals surface area contributed by atoms with Crippen LogP contribution >= 0.6 is 0 Å². The second-order valence-corrected chi connectivity index (χ2v) is 16.1. The molecule has 3 heteroatoms. The summed E-state index contributed by atoms with van der Waals surface area (Å²) in [6, 6.07) is 87.0. The number of furan rings is 1. The minimum absolute atomic E-state index is 0.909. The number of aromatic nitrogens is 1. The third-order valence-electron chi connectivity index (χ3n) is 12.5. The van der Waals surface area contributed by atoms with Crippen LogP contribution < -0.4 is 4.90 Å². The molecule has 0 amide bonds. The Morgan fingerprint density at radius 3 is 1.32 bits per heavy atom. The summed E-state index contributed by atoms with van der Waals surface area (Å²) >= 11 is 0. The van der Waals surface area contributed by atoms with Crippen LogP contribution in [0.2, 0.25) is 0 Å². The Bertz CT molecular complexity index is 3530. The lowest BCUT2D eigenvalue weighted by atomic mass is 9.97. The maximum atomic E-state index is 6.19. The Labute approximate surface area is 366 Å². The molecule has 0 aliphatic heterocycles. The second kappa shape index (κ2) is 15.3. The van der Waals surface area contributed by atoms with Gasteiger partial charge in [0.1, 0.15) is 11.2 Å². The van der Waals surface area contributed by atoms with Gasteiger partial charge in [-0.05, 0) is 106 Å². The fraction of sp³-hybridized carbons (Fsp3) is 0. The molecule has 0 bridgehead atoms. The van der Waals surface area contributed by atoms with Crippen LogP contribution in [0.3, 0.4) is 0 Å². The second-order valence-electron chi connectivity index (χ2n) is 16.1. The summed E-state index contributed by atoms with van der Waals surface area (Å²) in [7, 11) is 0. The molecule has 63 heavy (non-hydrogen) atoms. The van der Waals surface area contributed by atoms with Gasteiger partial charge in [-0.3, -0.25) is 0 Å². The summed E-state index contributed by atoms with van der Waals surface area (Å²) in [5.74, 6) is 0. The van der Waals surface area contributed by atoms with Gasteiger partial charge in [0.05, 0.1) is 16.7 Å². The van der Waals surface area contributed by atoms with E-state index in [2.05, 4.69) is 240 Å². The molecule has 0 aliphatic rings. The molecule has 0 atom stereocenters. The third kappa shape index (κ3) is 6.38. The number of rotatable bonds is 8. The highest BCUT2D eigenvalue weighted by molar-refractivity contribution is 6.12. The van der Waals surface area contributed by atoms with Crippen LogP contribution in [0, 0.1) is 0 Å². The Morgan fingerprint density at radius 1 is 0.286 bits per heavy atom. The van der Waals surface area contributed by atoms with Crippen molar-refractivity contribution in [1.29, 1.82) is 0 Å². The van der Waals surface area contributed by atoms with Crippen molar-refractivity contribution in [3.63, 3.8) is 0 Å². The largest absolute Gasteiger partial charge is 0.456 e. The summed E-state index contributed by atoms with van der Waals surface area (Å²) in [6.45, 7) is 0. The molecule has 0 N–H and O–H groups in total. The SMILES string of the molecule is c1ccc(-c2ccc(N(c3ccc(-c4ccc(-c5cccc6oc7ccccc7c56)cc4)cc3)c3ccc(-c4ccccc4-n4c5ccccc5c5ccccc54)cc3)cc2)cc1. The molecule has 0 saturated heterocycles. The predicted octanol–water partition coefficient (Wildman–Crippen LogP) is 16.8. The van der Waals surface area contributed by atoms with Crippen molar-refractivity contribution in [3.8, 4) is 50.2 Å². The van der Waals surface area contributed by atoms with Crippen LogP contribution in [-0.2, 0) is 0 Å². The third-order valence-corrected chi connectivity index (χ3v) is 12.5. The standard InChI is InChI=1S/C60H40N2O/c1-2-13-41(14-3-1)43-29-35-47(36-30-43)61(48-37-31-44(32-38-48)42-25-27-46(28-26-42)51-19-12-24-59-60(51)54-18-7-11-23-58(54)63-59)49-39-33-45(34-40-49)50-15-4-8-20-55(50)62-56-21-9-5-16-52(56)53-17-6-10-22-57(53)62/h1-40H. The van der Waals surface area contributed by atoms with Crippen LogP contribution in [0.15, 0.2) is 247 Å². The summed E-state index contributed by atoms with van der Waals surface area (Å²) in [4.78, 5) is 2.35. The number of para-hydroxylation sites is 4. The summed E-state index contributed by atoms with van der Waals surface area (Å²) in [6.07, 6.45) is 0. The first-order valence-electron chi connectivity index (χ1n) is 21.5. The first kappa shape index (κ1) is 36.5. The smallest absolute Gasteiger partial charge is 0.136 e. The molecule has 3 nitrogen and oxygen atoms in total. The monoisotopic (exact) mass is 804 g/mol. The molecule has 10 aromatic carbocycles. The summed E-state index contributed by atoms with van der Waals surface area (Å²) in [5, 5.41) is 4.81. The normalized spacial score (nSPS) is 11.5. The van der Waals surface area contributed by atoms with E-state index in [0.717, 1.165) is 55.8 Å². The first-order valence-corrected chi connectivity index (χ1v) is 21.5. The van der Waals surface area contributed by atoms with Gasteiger partial charge in [0.15, 0.2) is 0 Å². The molecule has 0 unspecified atom stereocenters. The Morgan fingerprint density at radius 2 is 0.698 bits per heavy atom. The lowest BCUT2D eigenvalue weighted by Gasteiger charge is -2.26. The number of anilines is 3. The van der Waals surface area contributed by atoms with Crippen molar-refractivity contribution in [2.24, 2.45) is 0 Å². The zero-order valence-electron chi connectivity index (χ0n) is 34.4. The molecule has 12 rings (SSSR count). The van der Waals surface area contributed by atoms with E-state index in [-0.39, 0.29) is 0 Å². The fourth-order valence-corrected chi connectivity index (χ4v) is 9.43. The number of hydrogen-bond acceptors (Lipinski definition) is 2. The fourth-order valence-electron chi connectivity index (χ4n) is 9.43. The quantitative estimate of drug-likeness (QED) is 0.153. The zero-order valence-corrected chi connectivity index (χ0v) is 34.4. The number of fused-ring (bicyclic) bond motifs is 6. The van der Waals surface area contributed by atoms with Gasteiger partial charge in [-0.25, -0.2) is 0 Å². The molecule has 296 valence electrons. The van der Waals surface area contributed by atoms with Gasteiger partial charge in [-0.2, -0.15) is 0 Å². The predicted molar refractivity (Wildman–Crippen MR) is 264 cm³/mol. The summed E-state index contributed by atoms with van der Waals surface area (Å²) in [5.41, 5.74) is 18.0. The minimum atomic E-state index is 0.909. The molecular weight excluding hydrogens is 765 g/mol. The molecule has 0 saturated carbocycles. The highest BCUT2D eigenvalue weighted by Gasteiger charge is 2.18. The highest BCUT2D eigenvalue weighted by Crippen LogP contribution is 2.41. The van der Waals surface area contributed by atoms with Gasteiger partial charge >= 0.3 is 0 Å². The van der Waals surface area contributed by atoms with Gasteiger partial charge in [0, 0.05) is 44.2 Å². The van der Waals surface area contributed by atoms with Gasteiger partial charge in [0.25, 0.3) is 0 Å². The molecule has 2 aromatic heterocycles. The molecule has 0 fully saturated rings. The average Bonchev–Trinajstić information content (AvgIpc) is 3.91. The van der Waals surface area contributed by atoms with E-state index in [1.807, 2.05) is 12.1 Å². The van der Waals surface area contributed by atoms with Crippen LogP contribution in [0.4, 0.5) is 17.1 Å². The minimum Gasteiger partial charge on any atom is -0.456 e. The van der Waals surface area contributed by atoms with Crippen molar-refractivity contribution in [2.45, 2.75) is 0 Å². The van der Waals surface area contributed by atoms with E-state index in [9.17, 15) is 0 Å². The molecular formula is C60H40N2O. The average molecular weight is 805 g/mol. The highest BCUT2D eigenvalue weighted by atomic mass is 16.3. The van der Waals surface area contributed by atoms with E-state index >= 15 is 0 Å². The molecule has 0 radical (unpaired) electrons. The topological polar surface area (TPSA) is 21.3 Å². The van der Waals surface area contributed by atoms with E-state index in [4.69, 9.17) is 4.42 Å². The van der Waals surface area contributed by atoms with Crippen molar-refractivity contribution in [1.82, 2.24) is 4.57 Å². The van der Waals surface area contributed by atoms with Gasteiger partial charge in [0.2, 0.25) is 0 Å². The zero-order chi connectivity index (χ0) is 41.7. The lowest BCUT2D eigenvalue weighted by Crippen LogP contribution is -2.09. The van der Waals surface area contributed by atoms with E-state index < -0.39 is 0 Å². The number of hydrogen-bond donors (Lipinski definition) is 0. The Hall–Kier alpha value is -8.40. The van der Waals surface area contributed by atoms with E-state index in [0.29, 0.717) is 0 Å². The van der Waals surface area contributed by atoms with Crippen LogP contribution in [0.25, 0.3) is 93.9 Å². The van der Waals surface area contributed by atoms with Gasteiger partial charge in [-0.1, -0.05) is 176 Å². The van der Waals surface area contributed by atoms with E-state index in [1.54, 1.807) is 0 Å². The lowest BCUT2D eigenvalue weighted by molar-refractivity contribution is 0.669. The van der Waals surface area contributed by atoms with Gasteiger partial charge < -0.3 is 13.9 Å². The molecule has 0 spiro atoms. The van der Waals surface area contributed by atoms with Crippen LogP contribution in [0.1, 0.15) is 0 Å². The number of benzene rings is 10. The van der Waals surface area contributed by atoms with Crippen LogP contribution in [-0.4, -0.2) is 4.57 Å². The van der Waals surface area contributed by atoms with E-state index in [1.165, 1.54) is 55.2 Å². The van der Waals surface area contributed by atoms with Crippen molar-refractivity contribution in [3.05, 3.63) is 243 Å². The Balaban J connectivity index is 0.901. The Kier molecular flexibility index (Phi) is 8.83. The molecule has 2 heterocycles. The molecule has 12 aromatic rings. The van der Waals surface area contributed by atoms with Crippen molar-refractivity contribution < 1.29 is 4.42 Å². The van der Waals surface area contributed by atoms with Crippen molar-refractivity contribution >= 4 is 60.8 Å². The van der Waals surface area contributed by atoms with Crippen molar-refractivity contribution in [2.75, 3.05) is 4.90 Å². The maximum absolute atomic E-state index is 6.19. The maximum Gasteiger partial charge on any atom is 0.136 e.